The molecular formula is C21H20FN3O3S. The predicted molar refractivity (Wildman–Crippen MR) is 107 cm³/mol. The zero-order valence-electron chi connectivity index (χ0n) is 15.9. The number of amides is 1. The number of carbonyl (C=O) groups excluding carboxylic acids is 2. The van der Waals surface area contributed by atoms with Crippen LogP contribution in [0.25, 0.3) is 5.69 Å². The minimum atomic E-state index is -0.483. The fourth-order valence-corrected chi connectivity index (χ4v) is 4.38. The third-order valence-corrected chi connectivity index (χ3v) is 5.99. The molecule has 1 unspecified atom stereocenters. The van der Waals surface area contributed by atoms with Crippen molar-refractivity contribution in [3.8, 4) is 5.69 Å². The number of carbonyl (C=O) groups is 2. The van der Waals surface area contributed by atoms with E-state index in [1.807, 2.05) is 17.5 Å². The zero-order chi connectivity index (χ0) is 20.4. The molecule has 1 amide bonds. The summed E-state index contributed by atoms with van der Waals surface area (Å²) in [6.45, 7) is 0. The molecule has 1 aliphatic rings. The number of ether oxygens (including phenoxy) is 1. The number of aromatic nitrogens is 2. The van der Waals surface area contributed by atoms with Gasteiger partial charge in [-0.15, -0.1) is 11.3 Å². The third kappa shape index (κ3) is 3.93. The lowest BCUT2D eigenvalue weighted by molar-refractivity contribution is -0.141. The van der Waals surface area contributed by atoms with Gasteiger partial charge >= 0.3 is 5.97 Å². The highest BCUT2D eigenvalue weighted by atomic mass is 32.1. The van der Waals surface area contributed by atoms with Gasteiger partial charge < -0.3 is 10.1 Å². The Morgan fingerprint density at radius 1 is 1.28 bits per heavy atom. The van der Waals surface area contributed by atoms with E-state index in [2.05, 4.69) is 10.4 Å². The van der Waals surface area contributed by atoms with Crippen LogP contribution in [0.5, 0.6) is 0 Å². The van der Waals surface area contributed by atoms with E-state index >= 15 is 0 Å². The van der Waals surface area contributed by atoms with Crippen LogP contribution in [0.2, 0.25) is 0 Å². The second-order valence-electron chi connectivity index (χ2n) is 6.84. The number of methoxy groups -OCH3 is 1. The Bertz CT molecular complexity index is 1030. The van der Waals surface area contributed by atoms with Gasteiger partial charge in [0.2, 0.25) is 0 Å². The molecule has 0 aliphatic heterocycles. The number of rotatable bonds is 6. The molecule has 8 heteroatoms. The monoisotopic (exact) mass is 413 g/mol. The Kier molecular flexibility index (Phi) is 5.44. The van der Waals surface area contributed by atoms with Crippen LogP contribution >= 0.6 is 11.3 Å². The molecule has 1 atom stereocenters. The zero-order valence-corrected chi connectivity index (χ0v) is 16.7. The molecule has 6 nitrogen and oxygen atoms in total. The van der Waals surface area contributed by atoms with E-state index < -0.39 is 12.0 Å². The van der Waals surface area contributed by atoms with Gasteiger partial charge in [-0.25, -0.2) is 9.07 Å². The molecule has 1 N–H and O–H groups in total. The first-order valence-electron chi connectivity index (χ1n) is 9.34. The second kappa shape index (κ2) is 8.16. The first-order valence-corrected chi connectivity index (χ1v) is 10.2. The maximum absolute atomic E-state index is 13.3. The minimum absolute atomic E-state index is 0.0453. The standard InChI is InChI=1S/C21H20FN3O3S/c1-28-19(26)12-16(18-6-3-11-29-18)23-21(27)20-15-4-2-5-17(15)25(24-20)14-9-7-13(22)8-10-14/h3,6-11,16H,2,4-5,12H2,1H3,(H,23,27). The highest BCUT2D eigenvalue weighted by Crippen LogP contribution is 2.29. The van der Waals surface area contributed by atoms with E-state index in [0.29, 0.717) is 11.4 Å². The second-order valence-corrected chi connectivity index (χ2v) is 7.82. The molecule has 0 fully saturated rings. The van der Waals surface area contributed by atoms with Gasteiger partial charge in [-0.2, -0.15) is 5.10 Å². The lowest BCUT2D eigenvalue weighted by atomic mass is 10.1. The number of halogens is 1. The Balaban J connectivity index is 1.64. The number of nitrogens with one attached hydrogen (secondary N) is 1. The molecule has 0 saturated heterocycles. The smallest absolute Gasteiger partial charge is 0.307 e. The van der Waals surface area contributed by atoms with Gasteiger partial charge in [-0.1, -0.05) is 6.07 Å². The molecule has 0 radical (unpaired) electrons. The Morgan fingerprint density at radius 2 is 2.07 bits per heavy atom. The fourth-order valence-electron chi connectivity index (χ4n) is 3.60. The maximum Gasteiger partial charge on any atom is 0.307 e. The molecule has 0 spiro atoms. The summed E-state index contributed by atoms with van der Waals surface area (Å²) in [5, 5.41) is 9.37. The lowest BCUT2D eigenvalue weighted by Crippen LogP contribution is -2.31. The number of thiophene rings is 1. The van der Waals surface area contributed by atoms with Crippen molar-refractivity contribution < 1.29 is 18.7 Å². The van der Waals surface area contributed by atoms with E-state index in [9.17, 15) is 14.0 Å². The number of nitrogens with zero attached hydrogens (tertiary/aromatic N) is 2. The Hall–Kier alpha value is -3.00. The number of hydrogen-bond acceptors (Lipinski definition) is 5. The molecular weight excluding hydrogens is 393 g/mol. The minimum Gasteiger partial charge on any atom is -0.469 e. The normalized spacial score (nSPS) is 13.7. The van der Waals surface area contributed by atoms with Crippen LogP contribution in [0.1, 0.15) is 45.5 Å². The van der Waals surface area contributed by atoms with Crippen molar-refractivity contribution in [2.24, 2.45) is 0 Å². The summed E-state index contributed by atoms with van der Waals surface area (Å²) in [6, 6.07) is 9.31. The summed E-state index contributed by atoms with van der Waals surface area (Å²) in [7, 11) is 1.33. The summed E-state index contributed by atoms with van der Waals surface area (Å²) in [6.07, 6.45) is 2.55. The van der Waals surface area contributed by atoms with Gasteiger partial charge in [-0.3, -0.25) is 9.59 Å². The Morgan fingerprint density at radius 3 is 2.76 bits per heavy atom. The summed E-state index contributed by atoms with van der Waals surface area (Å²) < 4.78 is 19.8. The number of benzene rings is 1. The summed E-state index contributed by atoms with van der Waals surface area (Å²) in [5.74, 6) is -1.05. The largest absolute Gasteiger partial charge is 0.469 e. The van der Waals surface area contributed by atoms with E-state index in [0.717, 1.165) is 35.4 Å². The molecule has 4 rings (SSSR count). The molecule has 1 aliphatic carbocycles. The van der Waals surface area contributed by atoms with E-state index in [-0.39, 0.29) is 18.1 Å². The summed E-state index contributed by atoms with van der Waals surface area (Å²) in [4.78, 5) is 25.8. The lowest BCUT2D eigenvalue weighted by Gasteiger charge is -2.16. The van der Waals surface area contributed by atoms with Crippen molar-refractivity contribution in [1.29, 1.82) is 0 Å². The quantitative estimate of drug-likeness (QED) is 0.627. The van der Waals surface area contributed by atoms with Crippen LogP contribution in [-0.4, -0.2) is 28.8 Å². The van der Waals surface area contributed by atoms with Gasteiger partial charge in [0, 0.05) is 16.1 Å². The molecule has 2 heterocycles. The average molecular weight is 413 g/mol. The number of esters is 1. The highest BCUT2D eigenvalue weighted by Gasteiger charge is 2.29. The first-order chi connectivity index (χ1) is 14.1. The summed E-state index contributed by atoms with van der Waals surface area (Å²) in [5.41, 5.74) is 2.96. The molecule has 0 bridgehead atoms. The van der Waals surface area contributed by atoms with E-state index in [4.69, 9.17) is 4.74 Å². The topological polar surface area (TPSA) is 73.2 Å². The van der Waals surface area contributed by atoms with Gasteiger partial charge in [0.1, 0.15) is 5.82 Å². The van der Waals surface area contributed by atoms with Crippen molar-refractivity contribution in [2.75, 3.05) is 7.11 Å². The SMILES string of the molecule is COC(=O)CC(NC(=O)c1nn(-c2ccc(F)cc2)c2c1CCC2)c1cccs1. The average Bonchev–Trinajstić information content (AvgIpc) is 3.45. The fraction of sp³-hybridized carbons (Fsp3) is 0.286. The predicted octanol–water partition coefficient (Wildman–Crippen LogP) is 3.60. The van der Waals surface area contributed by atoms with Crippen LogP contribution in [0.15, 0.2) is 41.8 Å². The van der Waals surface area contributed by atoms with Crippen LogP contribution in [-0.2, 0) is 22.4 Å². The van der Waals surface area contributed by atoms with Crippen LogP contribution < -0.4 is 5.32 Å². The molecule has 0 saturated carbocycles. The molecule has 3 aromatic rings. The Labute approximate surface area is 171 Å². The number of hydrogen-bond donors (Lipinski definition) is 1. The van der Waals surface area contributed by atoms with Crippen molar-refractivity contribution in [2.45, 2.75) is 31.7 Å². The van der Waals surface area contributed by atoms with Gasteiger partial charge in [0.15, 0.2) is 5.69 Å². The molecule has 2 aromatic heterocycles. The molecule has 29 heavy (non-hydrogen) atoms. The molecule has 150 valence electrons. The van der Waals surface area contributed by atoms with Crippen LogP contribution in [0.3, 0.4) is 0 Å². The maximum atomic E-state index is 13.3. The first kappa shape index (κ1) is 19.3. The van der Waals surface area contributed by atoms with Gasteiger partial charge in [-0.05, 0) is 55.0 Å². The van der Waals surface area contributed by atoms with Crippen molar-refractivity contribution in [3.63, 3.8) is 0 Å². The third-order valence-electron chi connectivity index (χ3n) is 5.01. The van der Waals surface area contributed by atoms with Crippen LogP contribution in [0, 0.1) is 5.82 Å². The summed E-state index contributed by atoms with van der Waals surface area (Å²) >= 11 is 1.47. The molecule has 1 aromatic carbocycles. The number of fused-ring (bicyclic) bond motifs is 1. The van der Waals surface area contributed by atoms with E-state index in [1.165, 1.54) is 30.6 Å². The van der Waals surface area contributed by atoms with Crippen molar-refractivity contribution in [1.82, 2.24) is 15.1 Å². The van der Waals surface area contributed by atoms with E-state index in [1.54, 1.807) is 16.8 Å². The van der Waals surface area contributed by atoms with Gasteiger partial charge in [0.25, 0.3) is 5.91 Å². The van der Waals surface area contributed by atoms with Crippen molar-refractivity contribution >= 4 is 23.2 Å². The van der Waals surface area contributed by atoms with Crippen molar-refractivity contribution in [3.05, 3.63) is 69.4 Å². The van der Waals surface area contributed by atoms with Gasteiger partial charge in [0.05, 0.1) is 25.3 Å². The van der Waals surface area contributed by atoms with Crippen LogP contribution in [0.4, 0.5) is 4.39 Å². The highest BCUT2D eigenvalue weighted by molar-refractivity contribution is 7.10.